The number of methoxy groups -OCH3 is 1. The number of rotatable bonds is 10. The summed E-state index contributed by atoms with van der Waals surface area (Å²) in [6.07, 6.45) is 1.66. The van der Waals surface area contributed by atoms with Crippen LogP contribution in [0, 0.1) is 3.57 Å². The average molecular weight is 512 g/mol. The maximum Gasteiger partial charge on any atom is 0.341 e. The van der Waals surface area contributed by atoms with Crippen LogP contribution in [0.15, 0.2) is 41.5 Å². The van der Waals surface area contributed by atoms with Crippen LogP contribution < -0.4 is 19.6 Å². The number of carboxylic acids is 1. The largest absolute Gasteiger partial charge is 0.494 e. The maximum atomic E-state index is 12.0. The first-order valence-corrected chi connectivity index (χ1v) is 9.76. The number of benzene rings is 2. The molecule has 154 valence electrons. The molecule has 0 bridgehead atoms. The van der Waals surface area contributed by atoms with Crippen molar-refractivity contribution in [1.82, 2.24) is 5.43 Å². The first-order chi connectivity index (χ1) is 13.9. The zero-order valence-electron chi connectivity index (χ0n) is 16.0. The van der Waals surface area contributed by atoms with Gasteiger partial charge in [-0.15, -0.1) is 0 Å². The third-order valence-electron chi connectivity index (χ3n) is 3.59. The number of nitrogens with zero attached hydrogens (tertiary/aromatic N) is 1. The number of hydrazone groups is 1. The Morgan fingerprint density at radius 2 is 1.93 bits per heavy atom. The predicted octanol–water partition coefficient (Wildman–Crippen LogP) is 2.85. The van der Waals surface area contributed by atoms with Crippen molar-refractivity contribution >= 4 is 40.7 Å². The molecule has 9 heteroatoms. The van der Waals surface area contributed by atoms with Gasteiger partial charge in [-0.2, -0.15) is 5.10 Å². The Balaban J connectivity index is 1.97. The van der Waals surface area contributed by atoms with Crippen LogP contribution in [0.3, 0.4) is 0 Å². The number of hydrogen-bond donors (Lipinski definition) is 2. The third kappa shape index (κ3) is 7.26. The van der Waals surface area contributed by atoms with Crippen molar-refractivity contribution < 1.29 is 28.9 Å². The summed E-state index contributed by atoms with van der Waals surface area (Å²) in [5.74, 6) is 0.138. The third-order valence-corrected chi connectivity index (χ3v) is 4.39. The van der Waals surface area contributed by atoms with E-state index in [1.807, 2.05) is 53.8 Å². The smallest absolute Gasteiger partial charge is 0.341 e. The van der Waals surface area contributed by atoms with Crippen LogP contribution in [0.2, 0.25) is 0 Å². The highest BCUT2D eigenvalue weighted by Gasteiger charge is 2.12. The van der Waals surface area contributed by atoms with E-state index in [0.717, 1.165) is 11.3 Å². The molecule has 0 heterocycles. The van der Waals surface area contributed by atoms with Crippen molar-refractivity contribution in [3.8, 4) is 17.2 Å². The summed E-state index contributed by atoms with van der Waals surface area (Å²) in [5, 5.41) is 12.7. The van der Waals surface area contributed by atoms with E-state index in [2.05, 4.69) is 10.5 Å². The predicted molar refractivity (Wildman–Crippen MR) is 116 cm³/mol. The van der Waals surface area contributed by atoms with Gasteiger partial charge in [0.2, 0.25) is 5.91 Å². The van der Waals surface area contributed by atoms with Crippen LogP contribution in [0.1, 0.15) is 18.1 Å². The van der Waals surface area contributed by atoms with Gasteiger partial charge < -0.3 is 19.3 Å². The van der Waals surface area contributed by atoms with Gasteiger partial charge in [0.25, 0.3) is 0 Å². The molecule has 0 aliphatic carbocycles. The van der Waals surface area contributed by atoms with Crippen LogP contribution in [0.4, 0.5) is 0 Å². The fourth-order valence-electron chi connectivity index (χ4n) is 2.36. The fraction of sp³-hybridized carbons (Fsp3) is 0.250. The fourth-order valence-corrected chi connectivity index (χ4v) is 3.14. The maximum absolute atomic E-state index is 12.0. The Labute approximate surface area is 182 Å². The second kappa shape index (κ2) is 11.2. The van der Waals surface area contributed by atoms with Crippen LogP contribution in [-0.4, -0.2) is 43.5 Å². The lowest BCUT2D eigenvalue weighted by Gasteiger charge is -2.12. The van der Waals surface area contributed by atoms with E-state index in [4.69, 9.17) is 19.3 Å². The molecule has 0 radical (unpaired) electrons. The number of carboxylic acid groups (broad SMARTS) is 1. The highest BCUT2D eigenvalue weighted by molar-refractivity contribution is 14.1. The van der Waals surface area contributed by atoms with Crippen molar-refractivity contribution in [1.29, 1.82) is 0 Å². The monoisotopic (exact) mass is 512 g/mol. The van der Waals surface area contributed by atoms with Crippen molar-refractivity contribution in [2.75, 3.05) is 20.3 Å². The summed E-state index contributed by atoms with van der Waals surface area (Å²) in [4.78, 5) is 22.7. The SMILES string of the molecule is CCOc1ccc(CC(=O)N/N=C\c2cc(I)c(OCC(=O)O)c(OC)c2)cc1. The molecule has 0 fully saturated rings. The number of amides is 1. The summed E-state index contributed by atoms with van der Waals surface area (Å²) in [5.41, 5.74) is 3.99. The molecule has 8 nitrogen and oxygen atoms in total. The lowest BCUT2D eigenvalue weighted by atomic mass is 10.1. The number of halogens is 1. The van der Waals surface area contributed by atoms with Gasteiger partial charge in [-0.05, 0) is 64.9 Å². The van der Waals surface area contributed by atoms with E-state index in [0.29, 0.717) is 27.2 Å². The molecule has 1 amide bonds. The molecular weight excluding hydrogens is 491 g/mol. The molecule has 0 aliphatic rings. The Morgan fingerprint density at radius 1 is 1.21 bits per heavy atom. The molecule has 0 saturated carbocycles. The minimum absolute atomic E-state index is 0.187. The normalized spacial score (nSPS) is 10.6. The zero-order valence-corrected chi connectivity index (χ0v) is 18.1. The Bertz CT molecular complexity index is 883. The van der Waals surface area contributed by atoms with Gasteiger partial charge in [0.05, 0.1) is 29.9 Å². The molecular formula is C20H21IN2O6. The van der Waals surface area contributed by atoms with Crippen molar-refractivity contribution in [2.45, 2.75) is 13.3 Å². The van der Waals surface area contributed by atoms with Gasteiger partial charge in [-0.25, -0.2) is 10.2 Å². The molecule has 0 aliphatic heterocycles. The first-order valence-electron chi connectivity index (χ1n) is 8.68. The van der Waals surface area contributed by atoms with Crippen LogP contribution >= 0.6 is 22.6 Å². The summed E-state index contributed by atoms with van der Waals surface area (Å²) in [7, 11) is 1.46. The second-order valence-electron chi connectivity index (χ2n) is 5.76. The lowest BCUT2D eigenvalue weighted by Crippen LogP contribution is -2.19. The molecule has 0 spiro atoms. The first kappa shape index (κ1) is 22.5. The van der Waals surface area contributed by atoms with E-state index in [1.165, 1.54) is 13.3 Å². The van der Waals surface area contributed by atoms with Gasteiger partial charge in [-0.3, -0.25) is 4.79 Å². The van der Waals surface area contributed by atoms with Gasteiger partial charge in [0, 0.05) is 0 Å². The summed E-state index contributed by atoms with van der Waals surface area (Å²) < 4.78 is 16.5. The topological polar surface area (TPSA) is 106 Å². The van der Waals surface area contributed by atoms with E-state index < -0.39 is 12.6 Å². The molecule has 2 aromatic carbocycles. The van der Waals surface area contributed by atoms with Gasteiger partial charge in [0.1, 0.15) is 5.75 Å². The number of nitrogens with one attached hydrogen (secondary N) is 1. The van der Waals surface area contributed by atoms with Gasteiger partial charge in [-0.1, -0.05) is 12.1 Å². The molecule has 0 atom stereocenters. The van der Waals surface area contributed by atoms with Gasteiger partial charge >= 0.3 is 5.97 Å². The summed E-state index contributed by atoms with van der Waals surface area (Å²) >= 11 is 2.01. The summed E-state index contributed by atoms with van der Waals surface area (Å²) in [6, 6.07) is 10.7. The number of carbonyl (C=O) groups excluding carboxylic acids is 1. The Hall–Kier alpha value is -2.82. The molecule has 2 N–H and O–H groups in total. The zero-order chi connectivity index (χ0) is 21.2. The highest BCUT2D eigenvalue weighted by atomic mass is 127. The van der Waals surface area contributed by atoms with E-state index in [-0.39, 0.29) is 12.3 Å². The quantitative estimate of drug-likeness (QED) is 0.288. The number of ether oxygens (including phenoxy) is 3. The van der Waals surface area contributed by atoms with E-state index in [1.54, 1.807) is 12.1 Å². The summed E-state index contributed by atoms with van der Waals surface area (Å²) in [6.45, 7) is 2.03. The van der Waals surface area contributed by atoms with E-state index in [9.17, 15) is 9.59 Å². The van der Waals surface area contributed by atoms with Gasteiger partial charge in [0.15, 0.2) is 18.1 Å². The number of aliphatic carboxylic acids is 1. The average Bonchev–Trinajstić information content (AvgIpc) is 2.68. The van der Waals surface area contributed by atoms with Crippen molar-refractivity contribution in [3.05, 3.63) is 51.1 Å². The molecule has 29 heavy (non-hydrogen) atoms. The van der Waals surface area contributed by atoms with Crippen LogP contribution in [-0.2, 0) is 16.0 Å². The molecule has 0 saturated heterocycles. The van der Waals surface area contributed by atoms with Crippen LogP contribution in [0.5, 0.6) is 17.2 Å². The number of hydrogen-bond acceptors (Lipinski definition) is 6. The van der Waals surface area contributed by atoms with Crippen molar-refractivity contribution in [2.24, 2.45) is 5.10 Å². The minimum atomic E-state index is -1.08. The second-order valence-corrected chi connectivity index (χ2v) is 6.93. The Kier molecular flexibility index (Phi) is 8.71. The lowest BCUT2D eigenvalue weighted by molar-refractivity contribution is -0.139. The minimum Gasteiger partial charge on any atom is -0.494 e. The standard InChI is InChI=1S/C20H21IN2O6/c1-3-28-15-6-4-13(5-7-15)10-18(24)23-22-11-14-8-16(21)20(17(9-14)27-2)29-12-19(25)26/h4-9,11H,3,10,12H2,1-2H3,(H,23,24)(H,25,26)/b22-11-. The molecule has 0 aromatic heterocycles. The molecule has 2 rings (SSSR count). The molecule has 2 aromatic rings. The highest BCUT2D eigenvalue weighted by Crippen LogP contribution is 2.33. The van der Waals surface area contributed by atoms with Crippen molar-refractivity contribution in [3.63, 3.8) is 0 Å². The van der Waals surface area contributed by atoms with Crippen LogP contribution in [0.25, 0.3) is 0 Å². The number of carbonyl (C=O) groups is 2. The van der Waals surface area contributed by atoms with E-state index >= 15 is 0 Å². The molecule has 0 unspecified atom stereocenters. The Morgan fingerprint density at radius 3 is 2.55 bits per heavy atom.